The SMILES string of the molecule is c1ccc(C2(c3ccccc3)c3ccccc3-c3c(N(c4cccc(-c5cccc(-c6cccc7ccccc67)c5)c4)c4ccc5c(c4)sc4ccccc45)cccc32)cc1. The molecule has 0 radical (unpaired) electrons. The molecule has 1 heterocycles. The van der Waals surface area contributed by atoms with Crippen LogP contribution in [0.2, 0.25) is 0 Å². The zero-order valence-corrected chi connectivity index (χ0v) is 34.2. The van der Waals surface area contributed by atoms with Gasteiger partial charge in [-0.15, -0.1) is 11.3 Å². The third-order valence-electron chi connectivity index (χ3n) is 12.7. The van der Waals surface area contributed by atoms with Crippen LogP contribution in [0.25, 0.3) is 64.3 Å². The van der Waals surface area contributed by atoms with E-state index in [1.54, 1.807) is 0 Å². The lowest BCUT2D eigenvalue weighted by atomic mass is 9.68. The van der Waals surface area contributed by atoms with Crippen molar-refractivity contribution in [2.24, 2.45) is 0 Å². The summed E-state index contributed by atoms with van der Waals surface area (Å²) in [6, 6.07) is 87.4. The Hall–Kier alpha value is -7.52. The fraction of sp³-hybridized carbons (Fsp3) is 0.0169. The van der Waals surface area contributed by atoms with Crippen LogP contribution in [-0.2, 0) is 5.41 Å². The molecule has 1 aromatic heterocycles. The summed E-state index contributed by atoms with van der Waals surface area (Å²) in [6.45, 7) is 0. The molecule has 2 heteroatoms. The Morgan fingerprint density at radius 1 is 0.344 bits per heavy atom. The molecule has 286 valence electrons. The minimum atomic E-state index is -0.505. The topological polar surface area (TPSA) is 3.24 Å². The highest BCUT2D eigenvalue weighted by Gasteiger charge is 2.47. The van der Waals surface area contributed by atoms with Crippen LogP contribution in [-0.4, -0.2) is 0 Å². The average molecular weight is 794 g/mol. The zero-order chi connectivity index (χ0) is 40.3. The summed E-state index contributed by atoms with van der Waals surface area (Å²) in [6.07, 6.45) is 0. The van der Waals surface area contributed by atoms with Gasteiger partial charge in [0.2, 0.25) is 0 Å². The zero-order valence-electron chi connectivity index (χ0n) is 33.4. The molecular formula is C59H39NS. The summed E-state index contributed by atoms with van der Waals surface area (Å²) in [5.41, 5.74) is 15.3. The van der Waals surface area contributed by atoms with Crippen LogP contribution in [0.3, 0.4) is 0 Å². The molecule has 0 N–H and O–H groups in total. The fourth-order valence-corrected chi connectivity index (χ4v) is 11.2. The molecule has 12 rings (SSSR count). The Labute approximate surface area is 360 Å². The number of anilines is 3. The van der Waals surface area contributed by atoms with Crippen molar-refractivity contribution in [1.82, 2.24) is 0 Å². The molecule has 0 atom stereocenters. The minimum Gasteiger partial charge on any atom is -0.310 e. The van der Waals surface area contributed by atoms with Crippen molar-refractivity contribution in [3.63, 3.8) is 0 Å². The molecule has 0 aliphatic heterocycles. The number of hydrogen-bond acceptors (Lipinski definition) is 2. The second kappa shape index (κ2) is 14.3. The predicted octanol–water partition coefficient (Wildman–Crippen LogP) is 16.4. The van der Waals surface area contributed by atoms with E-state index in [1.807, 2.05) is 11.3 Å². The molecule has 61 heavy (non-hydrogen) atoms. The minimum absolute atomic E-state index is 0.505. The molecule has 11 aromatic rings. The molecule has 0 fully saturated rings. The number of benzene rings is 10. The second-order valence-corrected chi connectivity index (χ2v) is 17.1. The Kier molecular flexibility index (Phi) is 8.33. The quantitative estimate of drug-likeness (QED) is 0.155. The van der Waals surface area contributed by atoms with Crippen molar-refractivity contribution in [3.8, 4) is 33.4 Å². The van der Waals surface area contributed by atoms with Gasteiger partial charge in [-0.2, -0.15) is 0 Å². The molecule has 1 nitrogen and oxygen atoms in total. The first-order valence-corrected chi connectivity index (χ1v) is 21.8. The maximum atomic E-state index is 2.50. The van der Waals surface area contributed by atoms with Crippen LogP contribution < -0.4 is 4.90 Å². The van der Waals surface area contributed by atoms with Crippen molar-refractivity contribution in [1.29, 1.82) is 0 Å². The summed E-state index contributed by atoms with van der Waals surface area (Å²) >= 11 is 1.87. The summed E-state index contributed by atoms with van der Waals surface area (Å²) in [7, 11) is 0. The van der Waals surface area contributed by atoms with E-state index >= 15 is 0 Å². The standard InChI is InChI=1S/C59H39NS/c1-3-22-44(23-4-1)59(45-24-5-2-6-25-45)53-31-11-9-29-52(53)58-54(59)32-16-33-55(58)60(47-35-36-51-50-28-10-12-34-56(50)61-57(51)39-47)46-26-14-20-42(38-46)41-19-13-21-43(37-41)49-30-15-18-40-17-7-8-27-48(40)49/h1-39H. The highest BCUT2D eigenvalue weighted by Crippen LogP contribution is 2.59. The number of thiophene rings is 1. The summed E-state index contributed by atoms with van der Waals surface area (Å²) in [5.74, 6) is 0. The highest BCUT2D eigenvalue weighted by molar-refractivity contribution is 7.25. The Balaban J connectivity index is 1.10. The van der Waals surface area contributed by atoms with Gasteiger partial charge in [0, 0.05) is 37.1 Å². The van der Waals surface area contributed by atoms with Gasteiger partial charge in [-0.05, 0) is 103 Å². The third-order valence-corrected chi connectivity index (χ3v) is 13.9. The lowest BCUT2D eigenvalue weighted by Crippen LogP contribution is -2.28. The third kappa shape index (κ3) is 5.60. The van der Waals surface area contributed by atoms with E-state index in [0.717, 1.165) is 17.1 Å². The van der Waals surface area contributed by atoms with Gasteiger partial charge in [0.1, 0.15) is 0 Å². The monoisotopic (exact) mass is 793 g/mol. The number of fused-ring (bicyclic) bond motifs is 7. The molecule has 0 spiro atoms. The lowest BCUT2D eigenvalue weighted by molar-refractivity contribution is 0.768. The summed E-state index contributed by atoms with van der Waals surface area (Å²) < 4.78 is 2.58. The van der Waals surface area contributed by atoms with E-state index in [-0.39, 0.29) is 0 Å². The normalized spacial score (nSPS) is 12.7. The molecule has 1 aliphatic rings. The first-order valence-electron chi connectivity index (χ1n) is 21.0. The maximum Gasteiger partial charge on any atom is 0.0714 e. The maximum absolute atomic E-state index is 2.50. The molecule has 0 saturated heterocycles. The fourth-order valence-electron chi connectivity index (χ4n) is 10.1. The molecule has 0 saturated carbocycles. The number of nitrogens with zero attached hydrogens (tertiary/aromatic N) is 1. The van der Waals surface area contributed by atoms with Crippen LogP contribution in [0.4, 0.5) is 17.1 Å². The molecule has 0 amide bonds. The van der Waals surface area contributed by atoms with E-state index in [4.69, 9.17) is 0 Å². The van der Waals surface area contributed by atoms with E-state index in [0.29, 0.717) is 0 Å². The largest absolute Gasteiger partial charge is 0.310 e. The van der Waals surface area contributed by atoms with Gasteiger partial charge in [-0.3, -0.25) is 0 Å². The highest BCUT2D eigenvalue weighted by atomic mass is 32.1. The van der Waals surface area contributed by atoms with Gasteiger partial charge < -0.3 is 4.90 Å². The van der Waals surface area contributed by atoms with Crippen LogP contribution in [0.15, 0.2) is 237 Å². The van der Waals surface area contributed by atoms with Gasteiger partial charge in [-0.25, -0.2) is 0 Å². The van der Waals surface area contributed by atoms with Gasteiger partial charge in [0.25, 0.3) is 0 Å². The van der Waals surface area contributed by atoms with Crippen LogP contribution >= 0.6 is 11.3 Å². The van der Waals surface area contributed by atoms with Crippen LogP contribution in [0.5, 0.6) is 0 Å². The first-order chi connectivity index (χ1) is 30.3. The van der Waals surface area contributed by atoms with Crippen LogP contribution in [0.1, 0.15) is 22.3 Å². The number of rotatable bonds is 7. The number of hydrogen-bond donors (Lipinski definition) is 0. The predicted molar refractivity (Wildman–Crippen MR) is 260 cm³/mol. The van der Waals surface area contributed by atoms with Crippen molar-refractivity contribution in [2.75, 3.05) is 4.90 Å². The smallest absolute Gasteiger partial charge is 0.0714 e. The molecule has 10 aromatic carbocycles. The Morgan fingerprint density at radius 2 is 0.918 bits per heavy atom. The van der Waals surface area contributed by atoms with E-state index in [9.17, 15) is 0 Å². The van der Waals surface area contributed by atoms with Gasteiger partial charge in [0.05, 0.1) is 11.1 Å². The molecule has 1 aliphatic carbocycles. The molecule has 0 unspecified atom stereocenters. The van der Waals surface area contributed by atoms with E-state index in [2.05, 4.69) is 241 Å². The van der Waals surface area contributed by atoms with Crippen molar-refractivity contribution >= 4 is 59.3 Å². The van der Waals surface area contributed by atoms with Crippen LogP contribution in [0, 0.1) is 0 Å². The average Bonchev–Trinajstić information content (AvgIpc) is 3.86. The lowest BCUT2D eigenvalue weighted by Gasteiger charge is -2.34. The summed E-state index contributed by atoms with van der Waals surface area (Å²) in [4.78, 5) is 2.50. The summed E-state index contributed by atoms with van der Waals surface area (Å²) in [5, 5.41) is 5.11. The second-order valence-electron chi connectivity index (χ2n) is 16.0. The van der Waals surface area contributed by atoms with E-state index < -0.39 is 5.41 Å². The van der Waals surface area contributed by atoms with Gasteiger partial charge in [0.15, 0.2) is 0 Å². The van der Waals surface area contributed by atoms with Crippen molar-refractivity contribution < 1.29 is 0 Å². The Morgan fingerprint density at radius 3 is 1.75 bits per heavy atom. The van der Waals surface area contributed by atoms with Gasteiger partial charge in [-0.1, -0.05) is 194 Å². The van der Waals surface area contributed by atoms with Crippen molar-refractivity contribution in [3.05, 3.63) is 259 Å². The molecule has 0 bridgehead atoms. The van der Waals surface area contributed by atoms with Crippen molar-refractivity contribution in [2.45, 2.75) is 5.41 Å². The molecular weight excluding hydrogens is 755 g/mol. The first kappa shape index (κ1) is 35.4. The van der Waals surface area contributed by atoms with Gasteiger partial charge >= 0.3 is 0 Å². The Bertz CT molecular complexity index is 3390. The van der Waals surface area contributed by atoms with E-state index in [1.165, 1.54) is 86.6 Å².